The van der Waals surface area contributed by atoms with E-state index in [1.165, 1.54) is 6.07 Å². The third-order valence-electron chi connectivity index (χ3n) is 3.19. The molecule has 7 heteroatoms. The van der Waals surface area contributed by atoms with Crippen molar-refractivity contribution in [3.8, 4) is 11.5 Å². The Morgan fingerprint density at radius 2 is 1.83 bits per heavy atom. The Hall–Kier alpha value is -2.73. The monoisotopic (exact) mass is 332 g/mol. The van der Waals surface area contributed by atoms with Crippen molar-refractivity contribution in [2.45, 2.75) is 6.10 Å². The van der Waals surface area contributed by atoms with Crippen LogP contribution in [0.5, 0.6) is 11.5 Å². The molecule has 23 heavy (non-hydrogen) atoms. The summed E-state index contributed by atoms with van der Waals surface area (Å²) in [6, 6.07) is 13.4. The normalized spacial score (nSPS) is 15.6. The molecular formula is C16H13ClN2O4. The summed E-state index contributed by atoms with van der Waals surface area (Å²) >= 11 is 5.82. The number of rotatable bonds is 2. The zero-order chi connectivity index (χ0) is 16.2. The minimum atomic E-state index is -0.843. The van der Waals surface area contributed by atoms with Crippen LogP contribution in [0.25, 0.3) is 0 Å². The van der Waals surface area contributed by atoms with Crippen molar-refractivity contribution < 1.29 is 19.1 Å². The predicted octanol–water partition coefficient (Wildman–Crippen LogP) is 1.94. The third-order valence-corrected chi connectivity index (χ3v) is 3.42. The Kier molecular flexibility index (Phi) is 4.34. The molecule has 6 nitrogen and oxygen atoms in total. The van der Waals surface area contributed by atoms with Crippen molar-refractivity contribution in [3.05, 3.63) is 59.1 Å². The van der Waals surface area contributed by atoms with Crippen LogP contribution in [0.1, 0.15) is 10.4 Å². The maximum Gasteiger partial charge on any atom is 0.283 e. The zero-order valence-corrected chi connectivity index (χ0v) is 12.7. The molecule has 2 aromatic carbocycles. The number of hydrogen-bond donors (Lipinski definition) is 2. The number of ether oxygens (including phenoxy) is 2. The fraction of sp³-hybridized carbons (Fsp3) is 0.125. The number of hydrazine groups is 1. The van der Waals surface area contributed by atoms with Gasteiger partial charge in [0.05, 0.1) is 0 Å². The van der Waals surface area contributed by atoms with Crippen LogP contribution in [0.3, 0.4) is 0 Å². The van der Waals surface area contributed by atoms with Crippen LogP contribution in [-0.4, -0.2) is 24.5 Å². The number of para-hydroxylation sites is 2. The molecule has 1 aliphatic rings. The molecule has 0 aromatic heterocycles. The van der Waals surface area contributed by atoms with Gasteiger partial charge in [-0.3, -0.25) is 20.4 Å². The Balaban J connectivity index is 1.57. The molecule has 1 aliphatic heterocycles. The number of benzene rings is 2. The molecular weight excluding hydrogens is 320 g/mol. The highest BCUT2D eigenvalue weighted by Crippen LogP contribution is 2.30. The largest absolute Gasteiger partial charge is 0.485 e. The van der Waals surface area contributed by atoms with Crippen LogP contribution in [0.4, 0.5) is 0 Å². The molecule has 1 atom stereocenters. The molecule has 2 amide bonds. The fourth-order valence-electron chi connectivity index (χ4n) is 2.05. The van der Waals surface area contributed by atoms with Crippen LogP contribution < -0.4 is 20.3 Å². The average molecular weight is 333 g/mol. The molecule has 0 spiro atoms. The van der Waals surface area contributed by atoms with Crippen molar-refractivity contribution >= 4 is 23.4 Å². The SMILES string of the molecule is O=C(NNC(=O)[C@H]1COc2ccccc2O1)c1cccc(Cl)c1. The van der Waals surface area contributed by atoms with E-state index in [-0.39, 0.29) is 6.61 Å². The second-order valence-corrected chi connectivity index (χ2v) is 5.25. The molecule has 0 bridgehead atoms. The second-order valence-electron chi connectivity index (χ2n) is 4.82. The van der Waals surface area contributed by atoms with Gasteiger partial charge in [-0.15, -0.1) is 0 Å². The quantitative estimate of drug-likeness (QED) is 0.824. The summed E-state index contributed by atoms with van der Waals surface area (Å²) in [5.41, 5.74) is 4.97. The van der Waals surface area contributed by atoms with Gasteiger partial charge in [0.1, 0.15) is 6.61 Å². The second kappa shape index (κ2) is 6.58. The minimum Gasteiger partial charge on any atom is -0.485 e. The summed E-state index contributed by atoms with van der Waals surface area (Å²) in [6.07, 6.45) is -0.843. The summed E-state index contributed by atoms with van der Waals surface area (Å²) < 4.78 is 11.0. The molecule has 0 unspecified atom stereocenters. The molecule has 0 saturated carbocycles. The summed E-state index contributed by atoms with van der Waals surface area (Å²) in [6.45, 7) is 0.0654. The molecule has 0 aliphatic carbocycles. The third kappa shape index (κ3) is 3.54. The lowest BCUT2D eigenvalue weighted by atomic mass is 10.2. The van der Waals surface area contributed by atoms with E-state index in [0.717, 1.165) is 0 Å². The van der Waals surface area contributed by atoms with E-state index in [1.807, 2.05) is 6.07 Å². The zero-order valence-electron chi connectivity index (χ0n) is 11.9. The minimum absolute atomic E-state index is 0.0654. The van der Waals surface area contributed by atoms with Gasteiger partial charge in [-0.2, -0.15) is 0 Å². The van der Waals surface area contributed by atoms with Gasteiger partial charge in [-0.25, -0.2) is 0 Å². The van der Waals surface area contributed by atoms with E-state index in [0.29, 0.717) is 22.1 Å². The number of nitrogens with one attached hydrogen (secondary N) is 2. The summed E-state index contributed by atoms with van der Waals surface area (Å²) in [5.74, 6) is 0.0902. The summed E-state index contributed by atoms with van der Waals surface area (Å²) in [5, 5.41) is 0.435. The van der Waals surface area contributed by atoms with E-state index < -0.39 is 17.9 Å². The first-order chi connectivity index (χ1) is 11.1. The number of carbonyl (C=O) groups excluding carboxylic acids is 2. The molecule has 3 rings (SSSR count). The lowest BCUT2D eigenvalue weighted by Crippen LogP contribution is -2.50. The van der Waals surface area contributed by atoms with Gasteiger partial charge < -0.3 is 9.47 Å². The lowest BCUT2D eigenvalue weighted by Gasteiger charge is -2.25. The Labute approximate surface area is 137 Å². The van der Waals surface area contributed by atoms with Crippen LogP contribution >= 0.6 is 11.6 Å². The Morgan fingerprint density at radius 1 is 1.04 bits per heavy atom. The topological polar surface area (TPSA) is 76.7 Å². The van der Waals surface area contributed by atoms with E-state index >= 15 is 0 Å². The van der Waals surface area contributed by atoms with Gasteiger partial charge in [-0.1, -0.05) is 29.8 Å². The maximum absolute atomic E-state index is 12.1. The smallest absolute Gasteiger partial charge is 0.283 e. The summed E-state index contributed by atoms with van der Waals surface area (Å²) in [4.78, 5) is 24.0. The number of fused-ring (bicyclic) bond motifs is 1. The van der Waals surface area contributed by atoms with Gasteiger partial charge in [0, 0.05) is 10.6 Å². The Bertz CT molecular complexity index is 750. The van der Waals surface area contributed by atoms with Crippen molar-refractivity contribution in [3.63, 3.8) is 0 Å². The standard InChI is InChI=1S/C16H13ClN2O4/c17-11-5-3-4-10(8-11)15(20)18-19-16(21)14-9-22-12-6-1-2-7-13(12)23-14/h1-8,14H,9H2,(H,18,20)(H,19,21)/t14-/m1/s1. The molecule has 0 fully saturated rings. The van der Waals surface area contributed by atoms with Gasteiger partial charge in [-0.05, 0) is 30.3 Å². The van der Waals surface area contributed by atoms with Crippen molar-refractivity contribution in [2.24, 2.45) is 0 Å². The first kappa shape index (κ1) is 15.2. The van der Waals surface area contributed by atoms with E-state index in [1.54, 1.807) is 36.4 Å². The lowest BCUT2D eigenvalue weighted by molar-refractivity contribution is -0.131. The van der Waals surface area contributed by atoms with Crippen molar-refractivity contribution in [1.82, 2.24) is 10.9 Å². The number of carbonyl (C=O) groups is 2. The molecule has 118 valence electrons. The van der Waals surface area contributed by atoms with E-state index in [4.69, 9.17) is 21.1 Å². The molecule has 2 N–H and O–H groups in total. The van der Waals surface area contributed by atoms with Gasteiger partial charge in [0.2, 0.25) is 6.10 Å². The number of halogens is 1. The van der Waals surface area contributed by atoms with Crippen LogP contribution in [0, 0.1) is 0 Å². The predicted molar refractivity (Wildman–Crippen MR) is 83.4 cm³/mol. The fourth-order valence-corrected chi connectivity index (χ4v) is 2.24. The highest BCUT2D eigenvalue weighted by Gasteiger charge is 2.27. The molecule has 2 aromatic rings. The molecule has 0 radical (unpaired) electrons. The van der Waals surface area contributed by atoms with Crippen LogP contribution in [0.15, 0.2) is 48.5 Å². The molecule has 0 saturated heterocycles. The Morgan fingerprint density at radius 3 is 2.61 bits per heavy atom. The van der Waals surface area contributed by atoms with Crippen LogP contribution in [0.2, 0.25) is 5.02 Å². The van der Waals surface area contributed by atoms with Gasteiger partial charge in [0.15, 0.2) is 11.5 Å². The van der Waals surface area contributed by atoms with Gasteiger partial charge in [0.25, 0.3) is 11.8 Å². The number of amides is 2. The highest BCUT2D eigenvalue weighted by molar-refractivity contribution is 6.30. The number of hydrogen-bond acceptors (Lipinski definition) is 4. The highest BCUT2D eigenvalue weighted by atomic mass is 35.5. The van der Waals surface area contributed by atoms with Crippen molar-refractivity contribution in [2.75, 3.05) is 6.61 Å². The first-order valence-corrected chi connectivity index (χ1v) is 7.25. The maximum atomic E-state index is 12.1. The van der Waals surface area contributed by atoms with Crippen molar-refractivity contribution in [1.29, 1.82) is 0 Å². The van der Waals surface area contributed by atoms with Gasteiger partial charge >= 0.3 is 0 Å². The summed E-state index contributed by atoms with van der Waals surface area (Å²) in [7, 11) is 0. The molecule has 1 heterocycles. The first-order valence-electron chi connectivity index (χ1n) is 6.88. The van der Waals surface area contributed by atoms with Crippen LogP contribution in [-0.2, 0) is 4.79 Å². The van der Waals surface area contributed by atoms with E-state index in [2.05, 4.69) is 10.9 Å². The van der Waals surface area contributed by atoms with E-state index in [9.17, 15) is 9.59 Å². The average Bonchev–Trinajstić information content (AvgIpc) is 2.59.